The molecule has 1 saturated carbocycles. The molecule has 1 saturated heterocycles. The largest absolute Gasteiger partial charge is 0.467 e. The first-order chi connectivity index (χ1) is 13.2. The fraction of sp³-hybridized carbons (Fsp3) is 0.714. The molecule has 0 aromatic carbocycles. The van der Waals surface area contributed by atoms with E-state index in [0.29, 0.717) is 19.6 Å². The van der Waals surface area contributed by atoms with Crippen molar-refractivity contribution >= 4 is 11.8 Å². The van der Waals surface area contributed by atoms with E-state index in [1.165, 1.54) is 0 Å². The Balaban J connectivity index is 1.64. The van der Waals surface area contributed by atoms with Crippen molar-refractivity contribution in [3.8, 4) is 0 Å². The SMILES string of the molecule is CCCCN(CC(=O)N(Cc1ccco1)C[C@@H]1CCCO1)C(=O)C1CCC1. The predicted octanol–water partition coefficient (Wildman–Crippen LogP) is 3.22. The molecule has 0 N–H and O–H groups in total. The molecular weight excluding hydrogens is 344 g/mol. The van der Waals surface area contributed by atoms with Gasteiger partial charge in [0.05, 0.1) is 25.5 Å². The third kappa shape index (κ3) is 5.58. The van der Waals surface area contributed by atoms with Crippen LogP contribution in [0.4, 0.5) is 0 Å². The highest BCUT2D eigenvalue weighted by Gasteiger charge is 2.31. The molecule has 2 amide bonds. The van der Waals surface area contributed by atoms with Gasteiger partial charge in [-0.05, 0) is 44.2 Å². The Kier molecular flexibility index (Phi) is 7.33. The molecule has 6 nitrogen and oxygen atoms in total. The van der Waals surface area contributed by atoms with Gasteiger partial charge < -0.3 is 19.0 Å². The zero-order valence-electron chi connectivity index (χ0n) is 16.4. The summed E-state index contributed by atoms with van der Waals surface area (Å²) in [7, 11) is 0. The minimum Gasteiger partial charge on any atom is -0.467 e. The Morgan fingerprint density at radius 3 is 2.63 bits per heavy atom. The maximum absolute atomic E-state index is 13.1. The van der Waals surface area contributed by atoms with Gasteiger partial charge in [-0.25, -0.2) is 0 Å². The van der Waals surface area contributed by atoms with Gasteiger partial charge in [-0.3, -0.25) is 9.59 Å². The summed E-state index contributed by atoms with van der Waals surface area (Å²) in [5.74, 6) is 1.00. The topological polar surface area (TPSA) is 63.0 Å². The van der Waals surface area contributed by atoms with Crippen LogP contribution in [0.25, 0.3) is 0 Å². The summed E-state index contributed by atoms with van der Waals surface area (Å²) in [6, 6.07) is 3.71. The van der Waals surface area contributed by atoms with E-state index in [2.05, 4.69) is 6.92 Å². The Bertz CT molecular complexity index is 591. The Morgan fingerprint density at radius 1 is 1.19 bits per heavy atom. The lowest BCUT2D eigenvalue weighted by Crippen LogP contribution is -2.47. The molecule has 1 atom stereocenters. The first kappa shape index (κ1) is 19.9. The van der Waals surface area contributed by atoms with E-state index in [9.17, 15) is 9.59 Å². The number of carbonyl (C=O) groups is 2. The molecule has 0 bridgehead atoms. The van der Waals surface area contributed by atoms with E-state index in [1.807, 2.05) is 12.1 Å². The second-order valence-electron chi connectivity index (χ2n) is 7.73. The molecule has 6 heteroatoms. The van der Waals surface area contributed by atoms with Crippen LogP contribution in [0.1, 0.15) is 57.6 Å². The van der Waals surface area contributed by atoms with Gasteiger partial charge in [-0.15, -0.1) is 0 Å². The fourth-order valence-electron chi connectivity index (χ4n) is 3.67. The van der Waals surface area contributed by atoms with Crippen LogP contribution in [0.15, 0.2) is 22.8 Å². The molecule has 27 heavy (non-hydrogen) atoms. The number of nitrogens with zero attached hydrogens (tertiary/aromatic N) is 2. The number of unbranched alkanes of at least 4 members (excludes halogenated alkanes) is 1. The predicted molar refractivity (Wildman–Crippen MR) is 102 cm³/mol. The lowest BCUT2D eigenvalue weighted by Gasteiger charge is -2.33. The molecule has 3 rings (SSSR count). The van der Waals surface area contributed by atoms with E-state index < -0.39 is 0 Å². The van der Waals surface area contributed by atoms with Crippen LogP contribution >= 0.6 is 0 Å². The molecule has 1 aromatic heterocycles. The summed E-state index contributed by atoms with van der Waals surface area (Å²) in [6.07, 6.45) is 8.69. The van der Waals surface area contributed by atoms with Gasteiger partial charge in [0.2, 0.25) is 11.8 Å². The third-order valence-electron chi connectivity index (χ3n) is 5.60. The van der Waals surface area contributed by atoms with Crippen LogP contribution in [0.3, 0.4) is 0 Å². The summed E-state index contributed by atoms with van der Waals surface area (Å²) < 4.78 is 11.2. The van der Waals surface area contributed by atoms with Crippen LogP contribution in [0.5, 0.6) is 0 Å². The molecule has 0 unspecified atom stereocenters. The standard InChI is InChI=1S/C21H32N2O4/c1-2-3-11-22(21(25)17-7-4-8-17)16-20(24)23(14-18-9-5-12-26-18)15-19-10-6-13-27-19/h5,9,12,17,19H,2-4,6-8,10-11,13-16H2,1H3/t19-/m0/s1. The van der Waals surface area contributed by atoms with Crippen LogP contribution in [0, 0.1) is 5.92 Å². The average molecular weight is 376 g/mol. The zero-order valence-corrected chi connectivity index (χ0v) is 16.4. The smallest absolute Gasteiger partial charge is 0.242 e. The van der Waals surface area contributed by atoms with Gasteiger partial charge in [0.15, 0.2) is 0 Å². The van der Waals surface area contributed by atoms with Crippen molar-refractivity contribution in [1.82, 2.24) is 9.80 Å². The van der Waals surface area contributed by atoms with Gasteiger partial charge in [-0.1, -0.05) is 19.8 Å². The van der Waals surface area contributed by atoms with Crippen molar-refractivity contribution in [2.45, 2.75) is 64.5 Å². The van der Waals surface area contributed by atoms with Crippen molar-refractivity contribution in [1.29, 1.82) is 0 Å². The lowest BCUT2D eigenvalue weighted by molar-refractivity contribution is -0.145. The van der Waals surface area contributed by atoms with Gasteiger partial charge in [0, 0.05) is 25.6 Å². The van der Waals surface area contributed by atoms with E-state index in [1.54, 1.807) is 16.1 Å². The normalized spacial score (nSPS) is 19.7. The minimum atomic E-state index is -0.0225. The first-order valence-corrected chi connectivity index (χ1v) is 10.4. The average Bonchev–Trinajstić information content (AvgIpc) is 3.30. The summed E-state index contributed by atoms with van der Waals surface area (Å²) in [4.78, 5) is 29.4. The fourth-order valence-corrected chi connectivity index (χ4v) is 3.67. The molecule has 2 aliphatic rings. The molecule has 1 aromatic rings. The van der Waals surface area contributed by atoms with Crippen molar-refractivity contribution in [2.75, 3.05) is 26.2 Å². The molecule has 0 spiro atoms. The summed E-state index contributed by atoms with van der Waals surface area (Å²) in [6.45, 7) is 4.66. The number of rotatable bonds is 10. The van der Waals surface area contributed by atoms with Gasteiger partial charge in [0.25, 0.3) is 0 Å². The number of hydrogen-bond donors (Lipinski definition) is 0. The number of ether oxygens (including phenoxy) is 1. The van der Waals surface area contributed by atoms with E-state index in [-0.39, 0.29) is 30.4 Å². The van der Waals surface area contributed by atoms with Gasteiger partial charge in [0.1, 0.15) is 5.76 Å². The Hall–Kier alpha value is -1.82. The number of furan rings is 1. The van der Waals surface area contributed by atoms with E-state index in [0.717, 1.165) is 57.3 Å². The summed E-state index contributed by atoms with van der Waals surface area (Å²) in [5.41, 5.74) is 0. The lowest BCUT2D eigenvalue weighted by atomic mass is 9.84. The zero-order chi connectivity index (χ0) is 19.1. The second kappa shape index (κ2) is 9.93. The van der Waals surface area contributed by atoms with Crippen LogP contribution in [-0.4, -0.2) is 54.0 Å². The Labute approximate surface area is 161 Å². The molecule has 2 heterocycles. The van der Waals surface area contributed by atoms with Crippen LogP contribution in [-0.2, 0) is 20.9 Å². The first-order valence-electron chi connectivity index (χ1n) is 10.4. The van der Waals surface area contributed by atoms with Crippen molar-refractivity contribution in [3.05, 3.63) is 24.2 Å². The van der Waals surface area contributed by atoms with Crippen molar-refractivity contribution in [3.63, 3.8) is 0 Å². The van der Waals surface area contributed by atoms with Gasteiger partial charge >= 0.3 is 0 Å². The highest BCUT2D eigenvalue weighted by Crippen LogP contribution is 2.28. The molecule has 1 aliphatic heterocycles. The summed E-state index contributed by atoms with van der Waals surface area (Å²) in [5, 5.41) is 0. The third-order valence-corrected chi connectivity index (χ3v) is 5.60. The summed E-state index contributed by atoms with van der Waals surface area (Å²) >= 11 is 0. The van der Waals surface area contributed by atoms with E-state index in [4.69, 9.17) is 9.15 Å². The molecule has 1 aliphatic carbocycles. The van der Waals surface area contributed by atoms with Crippen molar-refractivity contribution in [2.24, 2.45) is 5.92 Å². The number of amides is 2. The minimum absolute atomic E-state index is 0.0225. The Morgan fingerprint density at radius 2 is 2.04 bits per heavy atom. The van der Waals surface area contributed by atoms with Crippen LogP contribution in [0.2, 0.25) is 0 Å². The molecule has 150 valence electrons. The van der Waals surface area contributed by atoms with Gasteiger partial charge in [-0.2, -0.15) is 0 Å². The van der Waals surface area contributed by atoms with Crippen LogP contribution < -0.4 is 0 Å². The number of carbonyl (C=O) groups excluding carboxylic acids is 2. The quantitative estimate of drug-likeness (QED) is 0.629. The monoisotopic (exact) mass is 376 g/mol. The molecular formula is C21H32N2O4. The maximum atomic E-state index is 13.1. The van der Waals surface area contributed by atoms with Crippen molar-refractivity contribution < 1.29 is 18.7 Å². The maximum Gasteiger partial charge on any atom is 0.242 e. The highest BCUT2D eigenvalue weighted by molar-refractivity contribution is 5.86. The number of hydrogen-bond acceptors (Lipinski definition) is 4. The molecule has 0 radical (unpaired) electrons. The second-order valence-corrected chi connectivity index (χ2v) is 7.73. The molecule has 2 fully saturated rings. The van der Waals surface area contributed by atoms with E-state index >= 15 is 0 Å². The highest BCUT2D eigenvalue weighted by atomic mass is 16.5.